The Morgan fingerprint density at radius 2 is 2.09 bits per heavy atom. The predicted octanol–water partition coefficient (Wildman–Crippen LogP) is 4.98. The minimum absolute atomic E-state index is 0.000894. The number of halogens is 1. The summed E-state index contributed by atoms with van der Waals surface area (Å²) >= 11 is 1.26. The summed E-state index contributed by atoms with van der Waals surface area (Å²) in [6.45, 7) is 2.28. The zero-order valence-corrected chi connectivity index (χ0v) is 19.4. The van der Waals surface area contributed by atoms with Crippen LogP contribution in [-0.4, -0.2) is 44.5 Å². The van der Waals surface area contributed by atoms with E-state index in [2.05, 4.69) is 33.2 Å². The number of hydrogen-bond donors (Lipinski definition) is 1. The molecule has 7 nitrogen and oxygen atoms in total. The molecule has 0 unspecified atom stereocenters. The second kappa shape index (κ2) is 8.34. The second-order valence-corrected chi connectivity index (χ2v) is 10.5. The Bertz CT molecular complexity index is 1210. The highest BCUT2D eigenvalue weighted by molar-refractivity contribution is 7.15. The highest BCUT2D eigenvalue weighted by Gasteiger charge is 2.47. The molecular weight excluding hydrogens is 439 g/mol. The Morgan fingerprint density at radius 3 is 2.79 bits per heavy atom. The number of anilines is 1. The lowest BCUT2D eigenvalue weighted by Crippen LogP contribution is -2.52. The molecule has 1 aromatic carbocycles. The Kier molecular flexibility index (Phi) is 5.49. The van der Waals surface area contributed by atoms with E-state index < -0.39 is 6.17 Å². The average molecular weight is 465 g/mol. The molecule has 2 heterocycles. The molecule has 0 aliphatic heterocycles. The van der Waals surface area contributed by atoms with E-state index in [-0.39, 0.29) is 28.9 Å². The average Bonchev–Trinajstić information content (AvgIpc) is 3.31. The van der Waals surface area contributed by atoms with Crippen LogP contribution in [0.15, 0.2) is 30.6 Å². The molecule has 4 atom stereocenters. The summed E-state index contributed by atoms with van der Waals surface area (Å²) < 4.78 is 15.3. The summed E-state index contributed by atoms with van der Waals surface area (Å²) in [4.78, 5) is 11.0. The number of aromatic hydroxyl groups is 1. The molecule has 0 saturated heterocycles. The Balaban J connectivity index is 1.36. The van der Waals surface area contributed by atoms with Crippen LogP contribution in [0.4, 0.5) is 10.2 Å². The van der Waals surface area contributed by atoms with E-state index in [9.17, 15) is 5.11 Å². The fourth-order valence-electron chi connectivity index (χ4n) is 5.40. The summed E-state index contributed by atoms with van der Waals surface area (Å²) in [5.41, 5.74) is 1.34. The number of hydrogen-bond acceptors (Lipinski definition) is 8. The van der Waals surface area contributed by atoms with E-state index in [1.807, 2.05) is 11.9 Å². The van der Waals surface area contributed by atoms with Crippen molar-refractivity contribution in [3.05, 3.63) is 35.5 Å². The predicted molar refractivity (Wildman–Crippen MR) is 125 cm³/mol. The molecule has 170 valence electrons. The van der Waals surface area contributed by atoms with Crippen molar-refractivity contribution in [3.8, 4) is 33.8 Å². The van der Waals surface area contributed by atoms with E-state index in [0.717, 1.165) is 32.1 Å². The van der Waals surface area contributed by atoms with Crippen LogP contribution in [-0.2, 0) is 0 Å². The standard InChI is InChI=1S/C24H25FN6OS/c1-24-7-3-4-15(9-24)21(25)18(10-24)31(2)20-13-27-22(30-29-20)17-6-5-14(8-19(17)32)23-28-12-16(11-26)33-23/h5-6,8,12-13,15,18,21,32H,3-4,7,9-10H2,1-2H3/t15-,18-,21+,24+/m1/s1. The van der Waals surface area contributed by atoms with Gasteiger partial charge < -0.3 is 10.0 Å². The number of nitriles is 1. The van der Waals surface area contributed by atoms with Gasteiger partial charge in [0.25, 0.3) is 0 Å². The van der Waals surface area contributed by atoms with Gasteiger partial charge in [0.15, 0.2) is 11.6 Å². The molecule has 0 radical (unpaired) electrons. The minimum Gasteiger partial charge on any atom is -0.507 e. The van der Waals surface area contributed by atoms with Gasteiger partial charge in [0, 0.05) is 12.6 Å². The third-order valence-corrected chi connectivity index (χ3v) is 8.09. The SMILES string of the molecule is CN(c1cnc(-c2ccc(-c3ncc(C#N)s3)cc2O)nn1)[C@@H]1C[C@@]2(C)CCC[C@H](C2)[C@@H]1F. The molecular formula is C24H25FN6OS. The van der Waals surface area contributed by atoms with Gasteiger partial charge in [-0.1, -0.05) is 19.4 Å². The van der Waals surface area contributed by atoms with Gasteiger partial charge in [-0.25, -0.2) is 14.4 Å². The van der Waals surface area contributed by atoms with Crippen molar-refractivity contribution in [2.24, 2.45) is 11.3 Å². The number of fused-ring (bicyclic) bond motifs is 2. The molecule has 2 aliphatic rings. The maximum atomic E-state index is 15.3. The maximum absolute atomic E-state index is 15.3. The van der Waals surface area contributed by atoms with E-state index >= 15 is 4.39 Å². The largest absolute Gasteiger partial charge is 0.507 e. The quantitative estimate of drug-likeness (QED) is 0.581. The third-order valence-electron chi connectivity index (χ3n) is 7.14. The Labute approximate surface area is 196 Å². The summed E-state index contributed by atoms with van der Waals surface area (Å²) in [5, 5.41) is 28.7. The first kappa shape index (κ1) is 21.7. The Hall–Kier alpha value is -3.12. The van der Waals surface area contributed by atoms with E-state index in [0.29, 0.717) is 26.8 Å². The number of phenols is 1. The molecule has 9 heteroatoms. The van der Waals surface area contributed by atoms with Crippen LogP contribution >= 0.6 is 11.3 Å². The lowest BCUT2D eigenvalue weighted by molar-refractivity contribution is 0.0113. The topological polar surface area (TPSA) is 98.8 Å². The van der Waals surface area contributed by atoms with Crippen molar-refractivity contribution in [3.63, 3.8) is 0 Å². The monoisotopic (exact) mass is 464 g/mol. The number of nitrogens with zero attached hydrogens (tertiary/aromatic N) is 6. The first-order valence-corrected chi connectivity index (χ1v) is 11.9. The molecule has 5 rings (SSSR count). The fraction of sp³-hybridized carbons (Fsp3) is 0.458. The number of rotatable bonds is 4. The summed E-state index contributed by atoms with van der Waals surface area (Å²) in [6, 6.07) is 6.91. The van der Waals surface area contributed by atoms with Gasteiger partial charge in [-0.05, 0) is 49.1 Å². The summed E-state index contributed by atoms with van der Waals surface area (Å²) in [7, 11) is 1.86. The van der Waals surface area contributed by atoms with Crippen LogP contribution in [0, 0.1) is 22.7 Å². The van der Waals surface area contributed by atoms with E-state index in [4.69, 9.17) is 5.26 Å². The van der Waals surface area contributed by atoms with Crippen molar-refractivity contribution in [1.82, 2.24) is 20.2 Å². The van der Waals surface area contributed by atoms with Crippen molar-refractivity contribution in [2.45, 2.75) is 51.2 Å². The van der Waals surface area contributed by atoms with Crippen molar-refractivity contribution in [2.75, 3.05) is 11.9 Å². The number of benzene rings is 1. The third kappa shape index (κ3) is 4.04. The van der Waals surface area contributed by atoms with Crippen molar-refractivity contribution < 1.29 is 9.50 Å². The van der Waals surface area contributed by atoms with Crippen LogP contribution in [0.2, 0.25) is 0 Å². The molecule has 2 bridgehead atoms. The number of thiazole rings is 1. The van der Waals surface area contributed by atoms with Crippen LogP contribution in [0.5, 0.6) is 5.75 Å². The van der Waals surface area contributed by atoms with Crippen LogP contribution in [0.25, 0.3) is 22.0 Å². The molecule has 1 N–H and O–H groups in total. The zero-order valence-electron chi connectivity index (χ0n) is 18.6. The normalized spacial score (nSPS) is 26.5. The molecule has 2 aromatic heterocycles. The number of phenolic OH excluding ortho intramolecular Hbond substituents is 1. The van der Waals surface area contributed by atoms with Gasteiger partial charge in [0.05, 0.1) is 24.0 Å². The highest BCUT2D eigenvalue weighted by atomic mass is 32.1. The van der Waals surface area contributed by atoms with Gasteiger partial charge in [-0.3, -0.25) is 0 Å². The van der Waals surface area contributed by atoms with Crippen LogP contribution in [0.1, 0.15) is 43.9 Å². The van der Waals surface area contributed by atoms with Gasteiger partial charge in [-0.15, -0.1) is 21.5 Å². The fourth-order valence-corrected chi connectivity index (χ4v) is 6.11. The smallest absolute Gasteiger partial charge is 0.185 e. The molecule has 0 spiro atoms. The van der Waals surface area contributed by atoms with Crippen LogP contribution in [0.3, 0.4) is 0 Å². The lowest BCUT2D eigenvalue weighted by atomic mass is 9.60. The zero-order chi connectivity index (χ0) is 23.2. The molecule has 0 amide bonds. The van der Waals surface area contributed by atoms with Gasteiger partial charge in [0.2, 0.25) is 0 Å². The molecule has 33 heavy (non-hydrogen) atoms. The summed E-state index contributed by atoms with van der Waals surface area (Å²) in [5.74, 6) is 0.930. The van der Waals surface area contributed by atoms with E-state index in [1.165, 1.54) is 17.5 Å². The maximum Gasteiger partial charge on any atom is 0.185 e. The first-order chi connectivity index (χ1) is 15.9. The van der Waals surface area contributed by atoms with Gasteiger partial charge in [-0.2, -0.15) is 5.26 Å². The molecule has 3 aromatic rings. The molecule has 2 aliphatic carbocycles. The second-order valence-electron chi connectivity index (χ2n) is 9.51. The number of aromatic nitrogens is 4. The lowest BCUT2D eigenvalue weighted by Gasteiger charge is -2.50. The van der Waals surface area contributed by atoms with Crippen molar-refractivity contribution in [1.29, 1.82) is 5.26 Å². The van der Waals surface area contributed by atoms with Crippen molar-refractivity contribution >= 4 is 17.2 Å². The number of alkyl halides is 1. The minimum atomic E-state index is -0.881. The molecule has 2 fully saturated rings. The molecule has 2 saturated carbocycles. The van der Waals surface area contributed by atoms with Crippen LogP contribution < -0.4 is 4.90 Å². The van der Waals surface area contributed by atoms with Gasteiger partial charge >= 0.3 is 0 Å². The van der Waals surface area contributed by atoms with Gasteiger partial charge in [0.1, 0.15) is 27.9 Å². The Morgan fingerprint density at radius 1 is 1.24 bits per heavy atom. The van der Waals surface area contributed by atoms with E-state index in [1.54, 1.807) is 24.4 Å². The highest BCUT2D eigenvalue weighted by Crippen LogP contribution is 2.50. The summed E-state index contributed by atoms with van der Waals surface area (Å²) in [6.07, 6.45) is 7.21. The first-order valence-electron chi connectivity index (χ1n) is 11.1.